The maximum Gasteiger partial charge on any atom is 2.00 e. The Kier molecular flexibility index (Phi) is 2.72. The predicted octanol–water partition coefficient (Wildman–Crippen LogP) is -0.163. The Labute approximate surface area is 53.0 Å². The van der Waals surface area contributed by atoms with Crippen molar-refractivity contribution in [1.29, 1.82) is 0 Å². The summed E-state index contributed by atoms with van der Waals surface area (Å²) >= 11 is 0. The maximum atomic E-state index is 2.89. The molecule has 3 heteroatoms. The summed E-state index contributed by atoms with van der Waals surface area (Å²) in [6.07, 6.45) is 5.69. The molecule has 0 bridgehead atoms. The van der Waals surface area contributed by atoms with Crippen molar-refractivity contribution in [1.82, 2.24) is 4.57 Å². The largest absolute Gasteiger partial charge is 2.00 e. The van der Waals surface area contributed by atoms with Crippen LogP contribution in [0.15, 0.2) is 18.7 Å². The van der Waals surface area contributed by atoms with Gasteiger partial charge in [-0.3, -0.25) is 4.98 Å². The van der Waals surface area contributed by atoms with Gasteiger partial charge in [-0.1, -0.05) is 0 Å². The van der Waals surface area contributed by atoms with Gasteiger partial charge in [0.25, 0.3) is 0 Å². The van der Waals surface area contributed by atoms with Crippen molar-refractivity contribution in [3.63, 3.8) is 0 Å². The Balaban J connectivity index is 0.000000360. The van der Waals surface area contributed by atoms with E-state index < -0.39 is 0 Å². The molecule has 1 aromatic heterocycles. The zero-order valence-electron chi connectivity index (χ0n) is 3.98. The maximum absolute atomic E-state index is 2.89. The van der Waals surface area contributed by atoms with E-state index in [0.29, 0.717) is 0 Å². The third kappa shape index (κ3) is 1.76. The topological polar surface area (TPSA) is 19.1 Å². The van der Waals surface area contributed by atoms with Gasteiger partial charge < -0.3 is 0 Å². The van der Waals surface area contributed by atoms with Gasteiger partial charge in [0.15, 0.2) is 0 Å². The van der Waals surface area contributed by atoms with Crippen LogP contribution in [0.25, 0.3) is 0 Å². The molecule has 0 saturated heterocycles. The summed E-state index contributed by atoms with van der Waals surface area (Å²) in [6.45, 7) is 0. The Morgan fingerprint density at radius 2 is 2.29 bits per heavy atom. The van der Waals surface area contributed by atoms with Gasteiger partial charge in [0.2, 0.25) is 6.33 Å². The molecule has 0 atom stereocenters. The molecule has 1 heterocycles. The standard InChI is InChI=1S/C4H6N2.Cu/c1-6-3-2-5-4-6;/h2-4H,1H3;/q;+2/p+1. The molecule has 1 N–H and O–H groups in total. The van der Waals surface area contributed by atoms with Gasteiger partial charge in [0, 0.05) is 0 Å². The van der Waals surface area contributed by atoms with E-state index in [1.54, 1.807) is 0 Å². The fourth-order valence-corrected chi connectivity index (χ4v) is 0.364. The Morgan fingerprint density at radius 3 is 2.43 bits per heavy atom. The average Bonchev–Trinajstić information content (AvgIpc) is 1.86. The molecule has 1 rings (SSSR count). The Hall–Kier alpha value is -0.271. The van der Waals surface area contributed by atoms with Gasteiger partial charge in [-0.15, -0.1) is 0 Å². The first-order valence-corrected chi connectivity index (χ1v) is 1.87. The third-order valence-corrected chi connectivity index (χ3v) is 0.684. The van der Waals surface area contributed by atoms with Crippen LogP contribution < -0.4 is 4.98 Å². The van der Waals surface area contributed by atoms with Crippen molar-refractivity contribution in [3.8, 4) is 0 Å². The van der Waals surface area contributed by atoms with Crippen LogP contribution >= 0.6 is 0 Å². The van der Waals surface area contributed by atoms with E-state index in [-0.39, 0.29) is 17.1 Å². The number of H-pyrrole nitrogens is 1. The Bertz CT molecular complexity index is 113. The zero-order chi connectivity index (χ0) is 4.41. The number of hydrogen-bond acceptors (Lipinski definition) is 0. The molecule has 0 aliphatic heterocycles. The molecule has 0 aliphatic carbocycles. The summed E-state index contributed by atoms with van der Waals surface area (Å²) in [5, 5.41) is 0. The summed E-state index contributed by atoms with van der Waals surface area (Å²) in [6, 6.07) is 0. The van der Waals surface area contributed by atoms with Gasteiger partial charge in [0.1, 0.15) is 12.4 Å². The van der Waals surface area contributed by atoms with E-state index in [4.69, 9.17) is 0 Å². The molecule has 1 aromatic rings. The normalized spacial score (nSPS) is 7.57. The van der Waals surface area contributed by atoms with Crippen LogP contribution in [0.5, 0.6) is 0 Å². The molecule has 7 heavy (non-hydrogen) atoms. The number of aryl methyl sites for hydroxylation is 1. The molecular formula is C4H7CuN2+3. The van der Waals surface area contributed by atoms with Crippen LogP contribution in [-0.4, -0.2) is 4.57 Å². The number of rotatable bonds is 0. The van der Waals surface area contributed by atoms with Crippen LogP contribution in [0.3, 0.4) is 0 Å². The quantitative estimate of drug-likeness (QED) is 0.453. The minimum absolute atomic E-state index is 0. The van der Waals surface area contributed by atoms with Crippen molar-refractivity contribution < 1.29 is 22.1 Å². The molecule has 0 aromatic carbocycles. The van der Waals surface area contributed by atoms with Crippen molar-refractivity contribution in [2.24, 2.45) is 7.05 Å². The van der Waals surface area contributed by atoms with Gasteiger partial charge in [0.05, 0.1) is 7.05 Å². The van der Waals surface area contributed by atoms with E-state index in [1.165, 1.54) is 0 Å². The smallest absolute Gasteiger partial charge is 0.250 e. The summed E-state index contributed by atoms with van der Waals surface area (Å²) < 4.78 is 1.94. The first kappa shape index (κ1) is 6.73. The van der Waals surface area contributed by atoms with Crippen LogP contribution in [0, 0.1) is 0 Å². The summed E-state index contributed by atoms with van der Waals surface area (Å²) in [5.74, 6) is 0. The van der Waals surface area contributed by atoms with E-state index in [0.717, 1.165) is 0 Å². The minimum atomic E-state index is 0. The molecule has 41 valence electrons. The fourth-order valence-electron chi connectivity index (χ4n) is 0.364. The van der Waals surface area contributed by atoms with Crippen molar-refractivity contribution >= 4 is 0 Å². The number of aromatic nitrogens is 2. The second kappa shape index (κ2) is 2.83. The first-order chi connectivity index (χ1) is 2.89. The van der Waals surface area contributed by atoms with Crippen molar-refractivity contribution in [2.75, 3.05) is 0 Å². The monoisotopic (exact) mass is 146 g/mol. The van der Waals surface area contributed by atoms with E-state index in [2.05, 4.69) is 4.98 Å². The first-order valence-electron chi connectivity index (χ1n) is 1.87. The van der Waals surface area contributed by atoms with Crippen LogP contribution in [0.2, 0.25) is 0 Å². The molecule has 2 nitrogen and oxygen atoms in total. The van der Waals surface area contributed by atoms with Gasteiger partial charge in [-0.25, -0.2) is 4.57 Å². The summed E-state index contributed by atoms with van der Waals surface area (Å²) in [5.41, 5.74) is 0. The molecule has 0 amide bonds. The average molecular weight is 147 g/mol. The molecule has 0 spiro atoms. The second-order valence-electron chi connectivity index (χ2n) is 1.28. The molecular weight excluding hydrogens is 140 g/mol. The Morgan fingerprint density at radius 1 is 1.57 bits per heavy atom. The predicted molar refractivity (Wildman–Crippen MR) is 22.0 cm³/mol. The molecule has 0 unspecified atom stereocenters. The molecule has 0 aliphatic rings. The van der Waals surface area contributed by atoms with Crippen LogP contribution in [0.1, 0.15) is 0 Å². The second-order valence-corrected chi connectivity index (χ2v) is 1.28. The van der Waals surface area contributed by atoms with Crippen LogP contribution in [-0.2, 0) is 24.1 Å². The summed E-state index contributed by atoms with van der Waals surface area (Å²) in [7, 11) is 1.97. The van der Waals surface area contributed by atoms with Gasteiger partial charge >= 0.3 is 17.1 Å². The number of nitrogens with one attached hydrogen (secondary N) is 1. The van der Waals surface area contributed by atoms with E-state index in [1.807, 2.05) is 30.3 Å². The number of nitrogens with zero attached hydrogens (tertiary/aromatic N) is 1. The SMILES string of the molecule is Cn1cc[nH+]c1.[Cu+2]. The number of hydrogen-bond donors (Lipinski definition) is 0. The fraction of sp³-hybridized carbons (Fsp3) is 0.250. The minimum Gasteiger partial charge on any atom is -0.250 e. The molecule has 0 saturated carbocycles. The van der Waals surface area contributed by atoms with Crippen molar-refractivity contribution in [2.45, 2.75) is 0 Å². The number of imidazole rings is 1. The van der Waals surface area contributed by atoms with E-state index in [9.17, 15) is 0 Å². The van der Waals surface area contributed by atoms with Crippen molar-refractivity contribution in [3.05, 3.63) is 18.7 Å². The van der Waals surface area contributed by atoms with E-state index >= 15 is 0 Å². The molecule has 1 radical (unpaired) electrons. The molecule has 0 fully saturated rings. The number of aromatic amines is 1. The van der Waals surface area contributed by atoms with Gasteiger partial charge in [-0.2, -0.15) is 0 Å². The van der Waals surface area contributed by atoms with Gasteiger partial charge in [-0.05, 0) is 0 Å². The summed E-state index contributed by atoms with van der Waals surface area (Å²) in [4.78, 5) is 2.89. The third-order valence-electron chi connectivity index (χ3n) is 0.684. The van der Waals surface area contributed by atoms with Crippen LogP contribution in [0.4, 0.5) is 0 Å². The zero-order valence-corrected chi connectivity index (χ0v) is 4.92.